The van der Waals surface area contributed by atoms with Crippen molar-refractivity contribution in [1.29, 1.82) is 0 Å². The van der Waals surface area contributed by atoms with E-state index >= 15 is 0 Å². The second-order valence-electron chi connectivity index (χ2n) is 7.74. The van der Waals surface area contributed by atoms with E-state index < -0.39 is 0 Å². The Balaban J connectivity index is 1.70. The van der Waals surface area contributed by atoms with Crippen molar-refractivity contribution in [2.75, 3.05) is 14.2 Å². The van der Waals surface area contributed by atoms with E-state index in [0.29, 0.717) is 35.2 Å². The monoisotopic (exact) mass is 405 g/mol. The summed E-state index contributed by atoms with van der Waals surface area (Å²) in [5, 5.41) is 7.90. The van der Waals surface area contributed by atoms with E-state index in [0.717, 1.165) is 11.1 Å². The first-order chi connectivity index (χ1) is 14.6. The van der Waals surface area contributed by atoms with Crippen molar-refractivity contribution in [2.24, 2.45) is 5.92 Å². The summed E-state index contributed by atoms with van der Waals surface area (Å²) >= 11 is 0. The van der Waals surface area contributed by atoms with Crippen molar-refractivity contribution >= 4 is 5.91 Å². The molecule has 1 fully saturated rings. The van der Waals surface area contributed by atoms with Gasteiger partial charge in [0.25, 0.3) is 5.91 Å². The average Bonchev–Trinajstić information content (AvgIpc) is 3.54. The zero-order valence-corrected chi connectivity index (χ0v) is 17.6. The fourth-order valence-electron chi connectivity index (χ4n) is 3.63. The van der Waals surface area contributed by atoms with Gasteiger partial charge in [-0.15, -0.1) is 0 Å². The van der Waals surface area contributed by atoms with E-state index in [2.05, 4.69) is 12.2 Å². The molecule has 3 aromatic rings. The first kappa shape index (κ1) is 20.0. The number of carbonyl (C=O) groups excluding carboxylic acids is 1. The summed E-state index contributed by atoms with van der Waals surface area (Å²) in [5.74, 6) is 1.72. The minimum Gasteiger partial charge on any atom is -0.493 e. The van der Waals surface area contributed by atoms with Crippen molar-refractivity contribution in [3.05, 3.63) is 65.9 Å². The summed E-state index contributed by atoms with van der Waals surface area (Å²) in [7, 11) is 3.20. The number of rotatable bonds is 8. The van der Waals surface area contributed by atoms with Crippen LogP contribution in [0.5, 0.6) is 11.5 Å². The van der Waals surface area contributed by atoms with Gasteiger partial charge in [0.05, 0.1) is 26.3 Å². The van der Waals surface area contributed by atoms with Gasteiger partial charge in [-0.2, -0.15) is 5.10 Å². The van der Waals surface area contributed by atoms with Gasteiger partial charge in [-0.3, -0.25) is 9.48 Å². The Morgan fingerprint density at radius 3 is 2.53 bits per heavy atom. The minimum absolute atomic E-state index is 0.0986. The molecule has 4 rings (SSSR count). The van der Waals surface area contributed by atoms with Crippen LogP contribution in [0, 0.1) is 5.92 Å². The molecule has 0 saturated heterocycles. The molecular formula is C24H27N3O3. The minimum atomic E-state index is -0.0986. The lowest BCUT2D eigenvalue weighted by Crippen LogP contribution is -2.34. The number of carbonyl (C=O) groups is 1. The molecule has 6 nitrogen and oxygen atoms in total. The molecule has 1 atom stereocenters. The summed E-state index contributed by atoms with van der Waals surface area (Å²) in [6.07, 6.45) is 4.18. The van der Waals surface area contributed by atoms with Crippen LogP contribution in [0.4, 0.5) is 0 Å². The van der Waals surface area contributed by atoms with Crippen LogP contribution in [0.25, 0.3) is 11.3 Å². The lowest BCUT2D eigenvalue weighted by atomic mass is 10.1. The highest BCUT2D eigenvalue weighted by molar-refractivity contribution is 6.00. The summed E-state index contributed by atoms with van der Waals surface area (Å²) in [6, 6.07) is 15.8. The third kappa shape index (κ3) is 4.32. The number of nitrogens with one attached hydrogen (secondary N) is 1. The molecule has 1 N–H and O–H groups in total. The van der Waals surface area contributed by atoms with Gasteiger partial charge in [-0.05, 0) is 49.4 Å². The van der Waals surface area contributed by atoms with Crippen LogP contribution in [0.15, 0.2) is 54.7 Å². The van der Waals surface area contributed by atoms with E-state index in [9.17, 15) is 4.79 Å². The van der Waals surface area contributed by atoms with Gasteiger partial charge in [0, 0.05) is 17.8 Å². The first-order valence-electron chi connectivity index (χ1n) is 10.2. The van der Waals surface area contributed by atoms with Crippen LogP contribution in [0.3, 0.4) is 0 Å². The number of benzene rings is 2. The molecule has 156 valence electrons. The number of hydrogen-bond acceptors (Lipinski definition) is 4. The zero-order chi connectivity index (χ0) is 21.1. The van der Waals surface area contributed by atoms with E-state index in [-0.39, 0.29) is 11.9 Å². The highest BCUT2D eigenvalue weighted by Gasteiger charge is 2.30. The zero-order valence-electron chi connectivity index (χ0n) is 17.6. The predicted molar refractivity (Wildman–Crippen MR) is 116 cm³/mol. The van der Waals surface area contributed by atoms with E-state index in [1.54, 1.807) is 14.2 Å². The molecular weight excluding hydrogens is 378 g/mol. The van der Waals surface area contributed by atoms with Crippen molar-refractivity contribution in [3.63, 3.8) is 0 Å². The first-order valence-corrected chi connectivity index (χ1v) is 10.2. The number of methoxy groups -OCH3 is 2. The van der Waals surface area contributed by atoms with Crippen LogP contribution in [-0.4, -0.2) is 35.9 Å². The fourth-order valence-corrected chi connectivity index (χ4v) is 3.63. The van der Waals surface area contributed by atoms with Crippen LogP contribution in [-0.2, 0) is 6.54 Å². The Morgan fingerprint density at radius 2 is 1.87 bits per heavy atom. The molecule has 1 heterocycles. The van der Waals surface area contributed by atoms with Crippen molar-refractivity contribution in [1.82, 2.24) is 15.1 Å². The molecule has 2 aromatic carbocycles. The Kier molecular flexibility index (Phi) is 5.74. The van der Waals surface area contributed by atoms with Crippen LogP contribution < -0.4 is 14.8 Å². The maximum absolute atomic E-state index is 13.1. The smallest absolute Gasteiger partial charge is 0.255 e. The molecule has 6 heteroatoms. The molecule has 1 amide bonds. The standard InChI is InChI=1S/C24H27N3O3/c1-16(18-9-10-18)25-24(28)20-15-27(14-17-7-5-4-6-8-17)26-23(20)19-11-12-21(29-2)22(13-19)30-3/h4-8,11-13,15-16,18H,9-10,14H2,1-3H3,(H,25,28). The maximum atomic E-state index is 13.1. The normalized spacial score (nSPS) is 14.2. The SMILES string of the molecule is COc1ccc(-c2nn(Cc3ccccc3)cc2C(=O)NC(C)C2CC2)cc1OC. The fraction of sp³-hybridized carbons (Fsp3) is 0.333. The van der Waals surface area contributed by atoms with Gasteiger partial charge < -0.3 is 14.8 Å². The number of ether oxygens (including phenoxy) is 2. The summed E-state index contributed by atoms with van der Waals surface area (Å²) in [6.45, 7) is 2.66. The third-order valence-electron chi connectivity index (χ3n) is 5.54. The van der Waals surface area contributed by atoms with E-state index in [1.807, 2.05) is 59.4 Å². The Bertz CT molecular complexity index is 1030. The van der Waals surface area contributed by atoms with E-state index in [1.165, 1.54) is 12.8 Å². The highest BCUT2D eigenvalue weighted by atomic mass is 16.5. The quantitative estimate of drug-likeness (QED) is 0.612. The van der Waals surface area contributed by atoms with Gasteiger partial charge in [0.15, 0.2) is 11.5 Å². The van der Waals surface area contributed by atoms with Gasteiger partial charge in [0.2, 0.25) is 0 Å². The van der Waals surface area contributed by atoms with Crippen LogP contribution in [0.1, 0.15) is 35.7 Å². The molecule has 1 saturated carbocycles. The average molecular weight is 405 g/mol. The molecule has 30 heavy (non-hydrogen) atoms. The molecule has 1 aliphatic rings. The Morgan fingerprint density at radius 1 is 1.13 bits per heavy atom. The second-order valence-corrected chi connectivity index (χ2v) is 7.74. The Labute approximate surface area is 176 Å². The van der Waals surface area contributed by atoms with Gasteiger partial charge >= 0.3 is 0 Å². The van der Waals surface area contributed by atoms with Gasteiger partial charge in [-0.1, -0.05) is 30.3 Å². The highest BCUT2D eigenvalue weighted by Crippen LogP contribution is 2.34. The maximum Gasteiger partial charge on any atom is 0.255 e. The Hall–Kier alpha value is -3.28. The summed E-state index contributed by atoms with van der Waals surface area (Å²) < 4.78 is 12.6. The van der Waals surface area contributed by atoms with Crippen molar-refractivity contribution in [3.8, 4) is 22.8 Å². The largest absolute Gasteiger partial charge is 0.493 e. The lowest BCUT2D eigenvalue weighted by Gasteiger charge is -2.13. The van der Waals surface area contributed by atoms with Crippen LogP contribution in [0.2, 0.25) is 0 Å². The molecule has 0 aliphatic heterocycles. The molecule has 1 aliphatic carbocycles. The number of hydrogen-bond donors (Lipinski definition) is 1. The number of amides is 1. The third-order valence-corrected chi connectivity index (χ3v) is 5.54. The molecule has 0 bridgehead atoms. The number of aromatic nitrogens is 2. The van der Waals surface area contributed by atoms with Crippen molar-refractivity contribution in [2.45, 2.75) is 32.4 Å². The molecule has 1 unspecified atom stereocenters. The summed E-state index contributed by atoms with van der Waals surface area (Å²) in [4.78, 5) is 13.1. The topological polar surface area (TPSA) is 65.4 Å². The molecule has 1 aromatic heterocycles. The van der Waals surface area contributed by atoms with E-state index in [4.69, 9.17) is 14.6 Å². The van der Waals surface area contributed by atoms with Gasteiger partial charge in [0.1, 0.15) is 5.69 Å². The second kappa shape index (κ2) is 8.61. The lowest BCUT2D eigenvalue weighted by molar-refractivity contribution is 0.0936. The molecule has 0 spiro atoms. The number of nitrogens with zero attached hydrogens (tertiary/aromatic N) is 2. The predicted octanol–water partition coefficient (Wildman–Crippen LogP) is 4.14. The molecule has 0 radical (unpaired) electrons. The van der Waals surface area contributed by atoms with Gasteiger partial charge in [-0.25, -0.2) is 0 Å². The van der Waals surface area contributed by atoms with Crippen LogP contribution >= 0.6 is 0 Å². The summed E-state index contributed by atoms with van der Waals surface area (Å²) in [5.41, 5.74) is 3.12. The van der Waals surface area contributed by atoms with Crippen molar-refractivity contribution < 1.29 is 14.3 Å².